The highest BCUT2D eigenvalue weighted by molar-refractivity contribution is 6.04. The molecule has 138 valence electrons. The van der Waals surface area contributed by atoms with E-state index in [1.54, 1.807) is 0 Å². The van der Waals surface area contributed by atoms with Crippen LogP contribution in [0.15, 0.2) is 12.2 Å². The van der Waals surface area contributed by atoms with Crippen LogP contribution >= 0.6 is 0 Å². The van der Waals surface area contributed by atoms with E-state index in [1.807, 2.05) is 0 Å². The number of carbonyl (C=O) groups is 1. The van der Waals surface area contributed by atoms with E-state index in [9.17, 15) is 20.1 Å². The van der Waals surface area contributed by atoms with Crippen molar-refractivity contribution in [3.05, 3.63) is 12.2 Å². The highest BCUT2D eigenvalue weighted by Crippen LogP contribution is 2.70. The lowest BCUT2D eigenvalue weighted by Gasteiger charge is -2.55. The van der Waals surface area contributed by atoms with Gasteiger partial charge in [0.2, 0.25) is 0 Å². The Kier molecular flexibility index (Phi) is 2.99. The van der Waals surface area contributed by atoms with Crippen LogP contribution < -0.4 is 0 Å². The zero-order chi connectivity index (χ0) is 17.9. The number of aliphatic hydroxyl groups excluding tert-OH is 2. The first-order valence-corrected chi connectivity index (χ1v) is 9.67. The Balaban J connectivity index is 1.72. The van der Waals surface area contributed by atoms with Gasteiger partial charge in [0, 0.05) is 17.8 Å². The Labute approximate surface area is 148 Å². The van der Waals surface area contributed by atoms with Gasteiger partial charge in [-0.05, 0) is 42.6 Å². The van der Waals surface area contributed by atoms with Crippen LogP contribution in [0.4, 0.5) is 0 Å². The number of rotatable bonds is 0. The summed E-state index contributed by atoms with van der Waals surface area (Å²) in [7, 11) is 0. The monoisotopic (exact) mass is 348 g/mol. The number of hydrogen-bond donors (Lipinski definition) is 3. The summed E-state index contributed by atoms with van der Waals surface area (Å²) in [5.74, 6) is -2.65. The lowest BCUT2D eigenvalue weighted by molar-refractivity contribution is -0.347. The third-order valence-electron chi connectivity index (χ3n) is 8.47. The Morgan fingerprint density at radius 2 is 1.92 bits per heavy atom. The Hall–Kier alpha value is -0.750. The van der Waals surface area contributed by atoms with E-state index in [-0.39, 0.29) is 41.0 Å². The van der Waals surface area contributed by atoms with Crippen LogP contribution in [-0.2, 0) is 9.53 Å². The number of ether oxygens (including phenoxy) is 1. The van der Waals surface area contributed by atoms with Crippen molar-refractivity contribution >= 4 is 5.78 Å². The SMILES string of the molecule is C=C1C(=O)[C@]23[C@H](O)[C@H]1CC[C@@H]2[C@H]1O[C@](O)([C@H]2[C@@H]1CCCC2(C)C)[C@@H]3O. The molecule has 0 aromatic heterocycles. The molecule has 9 atom stereocenters. The van der Waals surface area contributed by atoms with Gasteiger partial charge in [-0.25, -0.2) is 0 Å². The molecule has 2 aliphatic heterocycles. The molecule has 5 nitrogen and oxygen atoms in total. The molecule has 2 saturated heterocycles. The van der Waals surface area contributed by atoms with Crippen LogP contribution in [0.5, 0.6) is 0 Å². The number of fused-ring (bicyclic) bond motifs is 7. The second kappa shape index (κ2) is 4.56. The minimum absolute atomic E-state index is 0.123. The average molecular weight is 348 g/mol. The smallest absolute Gasteiger partial charge is 0.197 e. The van der Waals surface area contributed by atoms with Crippen LogP contribution in [-0.4, -0.2) is 45.2 Å². The van der Waals surface area contributed by atoms with Crippen molar-refractivity contribution < 1.29 is 24.9 Å². The van der Waals surface area contributed by atoms with Gasteiger partial charge < -0.3 is 20.1 Å². The molecule has 0 unspecified atom stereocenters. The van der Waals surface area contributed by atoms with Crippen LogP contribution in [0.25, 0.3) is 0 Å². The predicted octanol–water partition coefficient (Wildman–Crippen LogP) is 1.40. The molecule has 0 aromatic rings. The van der Waals surface area contributed by atoms with E-state index in [2.05, 4.69) is 20.4 Å². The summed E-state index contributed by atoms with van der Waals surface area (Å²) in [4.78, 5) is 13.2. The van der Waals surface area contributed by atoms with Crippen molar-refractivity contribution in [2.75, 3.05) is 0 Å². The fourth-order valence-corrected chi connectivity index (χ4v) is 7.60. The van der Waals surface area contributed by atoms with Crippen molar-refractivity contribution in [3.8, 4) is 0 Å². The van der Waals surface area contributed by atoms with Crippen LogP contribution in [0.3, 0.4) is 0 Å². The van der Waals surface area contributed by atoms with E-state index in [1.165, 1.54) is 0 Å². The van der Waals surface area contributed by atoms with E-state index in [0.29, 0.717) is 12.0 Å². The average Bonchev–Trinajstić information content (AvgIpc) is 2.88. The number of aliphatic hydroxyl groups is 3. The fourth-order valence-electron chi connectivity index (χ4n) is 7.60. The van der Waals surface area contributed by atoms with Crippen molar-refractivity contribution in [2.45, 2.75) is 70.1 Å². The van der Waals surface area contributed by atoms with Gasteiger partial charge in [-0.15, -0.1) is 0 Å². The van der Waals surface area contributed by atoms with E-state index in [0.717, 1.165) is 25.7 Å². The van der Waals surface area contributed by atoms with Gasteiger partial charge in [-0.1, -0.05) is 26.8 Å². The maximum Gasteiger partial charge on any atom is 0.197 e. The molecule has 25 heavy (non-hydrogen) atoms. The second-order valence-corrected chi connectivity index (χ2v) is 9.78. The molecular formula is C20H28O5. The lowest BCUT2D eigenvalue weighted by Crippen LogP contribution is -2.69. The zero-order valence-electron chi connectivity index (χ0n) is 14.9. The lowest BCUT2D eigenvalue weighted by atomic mass is 9.58. The second-order valence-electron chi connectivity index (χ2n) is 9.78. The molecule has 3 N–H and O–H groups in total. The van der Waals surface area contributed by atoms with Gasteiger partial charge in [0.1, 0.15) is 6.10 Å². The van der Waals surface area contributed by atoms with Gasteiger partial charge in [-0.3, -0.25) is 4.79 Å². The largest absolute Gasteiger partial charge is 0.391 e. The Morgan fingerprint density at radius 1 is 1.20 bits per heavy atom. The zero-order valence-corrected chi connectivity index (χ0v) is 14.9. The third kappa shape index (κ3) is 1.55. The minimum Gasteiger partial charge on any atom is -0.391 e. The summed E-state index contributed by atoms with van der Waals surface area (Å²) in [6, 6.07) is 0. The summed E-state index contributed by atoms with van der Waals surface area (Å²) in [6.07, 6.45) is 1.74. The first kappa shape index (κ1) is 16.4. The van der Waals surface area contributed by atoms with Gasteiger partial charge in [0.15, 0.2) is 11.6 Å². The number of hydrogen-bond acceptors (Lipinski definition) is 5. The highest BCUT2D eigenvalue weighted by Gasteiger charge is 2.80. The quantitative estimate of drug-likeness (QED) is 0.576. The van der Waals surface area contributed by atoms with E-state index in [4.69, 9.17) is 4.74 Å². The summed E-state index contributed by atoms with van der Waals surface area (Å²) >= 11 is 0. The van der Waals surface area contributed by atoms with E-state index < -0.39 is 23.4 Å². The first-order valence-electron chi connectivity index (χ1n) is 9.67. The third-order valence-corrected chi connectivity index (χ3v) is 8.47. The summed E-state index contributed by atoms with van der Waals surface area (Å²) in [5.41, 5.74) is -1.10. The maximum atomic E-state index is 13.2. The van der Waals surface area contributed by atoms with Crippen molar-refractivity contribution in [1.82, 2.24) is 0 Å². The van der Waals surface area contributed by atoms with Crippen LogP contribution in [0.2, 0.25) is 0 Å². The molecule has 5 aliphatic rings. The summed E-state index contributed by atoms with van der Waals surface area (Å²) in [5, 5.41) is 33.9. The Bertz CT molecular complexity index is 671. The van der Waals surface area contributed by atoms with Crippen LogP contribution in [0.1, 0.15) is 46.0 Å². The molecule has 2 heterocycles. The van der Waals surface area contributed by atoms with Gasteiger partial charge in [0.25, 0.3) is 0 Å². The molecule has 5 fully saturated rings. The molecule has 5 heteroatoms. The van der Waals surface area contributed by atoms with Crippen molar-refractivity contribution in [1.29, 1.82) is 0 Å². The predicted molar refractivity (Wildman–Crippen MR) is 89.2 cm³/mol. The molecule has 3 saturated carbocycles. The van der Waals surface area contributed by atoms with Gasteiger partial charge >= 0.3 is 0 Å². The van der Waals surface area contributed by atoms with Gasteiger partial charge in [-0.2, -0.15) is 0 Å². The van der Waals surface area contributed by atoms with E-state index >= 15 is 0 Å². The Morgan fingerprint density at radius 3 is 2.64 bits per heavy atom. The maximum absolute atomic E-state index is 13.2. The highest BCUT2D eigenvalue weighted by atomic mass is 16.7. The summed E-state index contributed by atoms with van der Waals surface area (Å²) in [6.45, 7) is 8.16. The number of ketones is 1. The molecule has 1 spiro atoms. The fraction of sp³-hybridized carbons (Fsp3) is 0.850. The molecule has 0 amide bonds. The molecule has 4 bridgehead atoms. The molecule has 5 rings (SSSR count). The number of Topliss-reactive ketones (excluding diaryl/α,β-unsaturated/α-hetero) is 1. The summed E-state index contributed by atoms with van der Waals surface area (Å²) < 4.78 is 6.14. The molecule has 0 radical (unpaired) electrons. The minimum atomic E-state index is -1.76. The van der Waals surface area contributed by atoms with Crippen molar-refractivity contribution in [3.63, 3.8) is 0 Å². The molecular weight excluding hydrogens is 320 g/mol. The molecule has 0 aromatic carbocycles. The molecule has 3 aliphatic carbocycles. The van der Waals surface area contributed by atoms with Gasteiger partial charge in [0.05, 0.1) is 17.6 Å². The van der Waals surface area contributed by atoms with Crippen molar-refractivity contribution in [2.24, 2.45) is 34.5 Å². The normalized spacial score (nSPS) is 58.8. The first-order chi connectivity index (χ1) is 11.7. The van der Waals surface area contributed by atoms with Crippen LogP contribution in [0, 0.1) is 34.5 Å². The number of carbonyl (C=O) groups excluding carboxylic acids is 1. The topological polar surface area (TPSA) is 87.0 Å². The standard InChI is InChI=1S/C20H28O5/c1-9-10-6-7-12-13-11-5-4-8-18(2,3)14(11)20(24,25-13)17(23)19(12,15(9)21)16(10)22/h10-14,16-17,22-24H,1,4-8H2,2-3H3/t10-,11+,12+,13-,14-,16+,17+,19-,20+/m0/s1.